The van der Waals surface area contributed by atoms with Gasteiger partial charge in [-0.25, -0.2) is 4.98 Å². The number of carbonyl (C=O) groups excluding carboxylic acids is 1. The number of hydrogen-bond acceptors (Lipinski definition) is 5. The number of benzene rings is 2. The Kier molecular flexibility index (Phi) is 5.09. The molecule has 0 saturated heterocycles. The van der Waals surface area contributed by atoms with Crippen molar-refractivity contribution in [1.82, 2.24) is 14.5 Å². The Bertz CT molecular complexity index is 1190. The van der Waals surface area contributed by atoms with E-state index in [1.165, 1.54) is 5.56 Å². The Morgan fingerprint density at radius 1 is 1.14 bits per heavy atom. The lowest BCUT2D eigenvalue weighted by Gasteiger charge is -2.03. The molecule has 4 rings (SSSR count). The fraction of sp³-hybridized carbons (Fsp3) is 0.348. The average Bonchev–Trinajstić information content (AvgIpc) is 3.25. The summed E-state index contributed by atoms with van der Waals surface area (Å²) in [4.78, 5) is 21.5. The van der Waals surface area contributed by atoms with Gasteiger partial charge in [-0.2, -0.15) is 4.98 Å². The fourth-order valence-corrected chi connectivity index (χ4v) is 3.42. The molecule has 0 fully saturated rings. The van der Waals surface area contributed by atoms with Gasteiger partial charge in [-0.3, -0.25) is 10.1 Å². The van der Waals surface area contributed by atoms with Gasteiger partial charge < -0.3 is 8.98 Å². The number of nitrogens with zero attached hydrogens (tertiary/aromatic N) is 3. The van der Waals surface area contributed by atoms with Gasteiger partial charge in [-0.05, 0) is 48.2 Å². The van der Waals surface area contributed by atoms with Crippen molar-refractivity contribution in [2.75, 3.05) is 5.32 Å². The Labute approximate surface area is 170 Å². The molecule has 6 heteroatoms. The Morgan fingerprint density at radius 2 is 1.97 bits per heavy atom. The fourth-order valence-electron chi connectivity index (χ4n) is 3.42. The van der Waals surface area contributed by atoms with Gasteiger partial charge >= 0.3 is 6.01 Å². The minimum absolute atomic E-state index is 0.161. The third-order valence-corrected chi connectivity index (χ3v) is 5.26. The summed E-state index contributed by atoms with van der Waals surface area (Å²) in [6, 6.07) is 12.2. The van der Waals surface area contributed by atoms with Crippen molar-refractivity contribution in [3.05, 3.63) is 47.5 Å². The summed E-state index contributed by atoms with van der Waals surface area (Å²) in [5.41, 5.74) is 5.19. The molecule has 6 nitrogen and oxygen atoms in total. The number of aryl methyl sites for hydroxylation is 1. The Morgan fingerprint density at radius 3 is 2.72 bits per heavy atom. The summed E-state index contributed by atoms with van der Waals surface area (Å²) >= 11 is 0. The summed E-state index contributed by atoms with van der Waals surface area (Å²) in [5, 5.41) is 3.17. The van der Waals surface area contributed by atoms with Gasteiger partial charge in [-0.1, -0.05) is 33.3 Å². The summed E-state index contributed by atoms with van der Waals surface area (Å²) in [7, 11) is 1.93. The van der Waals surface area contributed by atoms with E-state index in [0.29, 0.717) is 29.9 Å². The van der Waals surface area contributed by atoms with Crippen molar-refractivity contribution in [2.45, 2.75) is 46.0 Å². The molecule has 0 aliphatic rings. The van der Waals surface area contributed by atoms with Crippen molar-refractivity contribution in [3.63, 3.8) is 0 Å². The molecule has 2 heterocycles. The third-order valence-electron chi connectivity index (χ3n) is 5.26. The van der Waals surface area contributed by atoms with E-state index in [9.17, 15) is 4.79 Å². The predicted octanol–water partition coefficient (Wildman–Crippen LogP) is 5.95. The first-order chi connectivity index (χ1) is 14.0. The van der Waals surface area contributed by atoms with Crippen LogP contribution < -0.4 is 5.32 Å². The van der Waals surface area contributed by atoms with Gasteiger partial charge in [0.2, 0.25) is 5.95 Å². The number of carbonyl (C=O) groups is 1. The first-order valence-electron chi connectivity index (χ1n) is 10.1. The summed E-state index contributed by atoms with van der Waals surface area (Å²) in [6.45, 7) is 6.39. The van der Waals surface area contributed by atoms with Crippen molar-refractivity contribution in [1.29, 1.82) is 0 Å². The smallest absolute Gasteiger partial charge is 0.302 e. The molecule has 150 valence electrons. The highest BCUT2D eigenvalue weighted by molar-refractivity contribution is 5.99. The zero-order chi connectivity index (χ0) is 20.5. The van der Waals surface area contributed by atoms with Gasteiger partial charge in [-0.15, -0.1) is 0 Å². The number of hydrogen-bond donors (Lipinski definition) is 1. The molecule has 0 unspecified atom stereocenters. The molecule has 0 aliphatic heterocycles. The van der Waals surface area contributed by atoms with E-state index in [0.717, 1.165) is 35.0 Å². The molecule has 0 amide bonds. The van der Waals surface area contributed by atoms with Gasteiger partial charge in [0.05, 0.1) is 11.0 Å². The first kappa shape index (κ1) is 19.2. The molecule has 0 bridgehead atoms. The summed E-state index contributed by atoms with van der Waals surface area (Å²) in [6.07, 6.45) is 2.48. The molecule has 2 aromatic heterocycles. The minimum Gasteiger partial charge on any atom is -0.423 e. The standard InChI is InChI=1S/C23H26N4O2/c1-5-6-7-20(28)16-9-11-19-18(12-16)24-22(27(19)4)26-23-25-17-10-8-15(14(2)3)13-21(17)29-23/h8-14H,5-7H2,1-4H3,(H,24,25,26). The lowest BCUT2D eigenvalue weighted by atomic mass is 10.0. The molecule has 0 saturated carbocycles. The van der Waals surface area contributed by atoms with E-state index < -0.39 is 0 Å². The molecule has 1 N–H and O–H groups in total. The van der Waals surface area contributed by atoms with E-state index in [-0.39, 0.29) is 5.78 Å². The second-order valence-electron chi connectivity index (χ2n) is 7.75. The lowest BCUT2D eigenvalue weighted by molar-refractivity contribution is 0.0980. The number of nitrogens with one attached hydrogen (secondary N) is 1. The highest BCUT2D eigenvalue weighted by Crippen LogP contribution is 2.27. The Balaban J connectivity index is 1.63. The van der Waals surface area contributed by atoms with Crippen LogP contribution in [0.1, 0.15) is 61.9 Å². The van der Waals surface area contributed by atoms with Crippen LogP contribution in [0.4, 0.5) is 12.0 Å². The van der Waals surface area contributed by atoms with Crippen molar-refractivity contribution in [2.24, 2.45) is 7.05 Å². The number of aromatic nitrogens is 3. The van der Waals surface area contributed by atoms with Crippen molar-refractivity contribution < 1.29 is 9.21 Å². The second-order valence-corrected chi connectivity index (χ2v) is 7.75. The van der Waals surface area contributed by atoms with Crippen LogP contribution in [0.25, 0.3) is 22.1 Å². The maximum absolute atomic E-state index is 12.3. The largest absolute Gasteiger partial charge is 0.423 e. The molecule has 0 atom stereocenters. The SMILES string of the molecule is CCCCC(=O)c1ccc2c(c1)nc(Nc1nc3ccc(C(C)C)cc3o1)n2C. The number of imidazole rings is 1. The number of anilines is 2. The van der Waals surface area contributed by atoms with E-state index in [1.807, 2.05) is 41.9 Å². The van der Waals surface area contributed by atoms with Gasteiger partial charge in [0.25, 0.3) is 0 Å². The molecular formula is C23H26N4O2. The first-order valence-corrected chi connectivity index (χ1v) is 10.1. The van der Waals surface area contributed by atoms with E-state index in [4.69, 9.17) is 4.42 Å². The van der Waals surface area contributed by atoms with Crippen LogP contribution in [0.3, 0.4) is 0 Å². The number of rotatable bonds is 7. The number of Topliss-reactive ketones (excluding diaryl/α,β-unsaturated/α-hetero) is 1. The normalized spacial score (nSPS) is 11.6. The third kappa shape index (κ3) is 3.75. The maximum Gasteiger partial charge on any atom is 0.302 e. The number of ketones is 1. The molecule has 0 radical (unpaired) electrons. The van der Waals surface area contributed by atoms with Crippen LogP contribution in [0, 0.1) is 0 Å². The highest BCUT2D eigenvalue weighted by atomic mass is 16.4. The lowest BCUT2D eigenvalue weighted by Crippen LogP contribution is -1.99. The monoisotopic (exact) mass is 390 g/mol. The predicted molar refractivity (Wildman–Crippen MR) is 116 cm³/mol. The van der Waals surface area contributed by atoms with E-state index >= 15 is 0 Å². The minimum atomic E-state index is 0.161. The number of unbranched alkanes of at least 4 members (excludes halogenated alkanes) is 1. The zero-order valence-electron chi connectivity index (χ0n) is 17.3. The van der Waals surface area contributed by atoms with Gasteiger partial charge in [0, 0.05) is 19.0 Å². The quantitative estimate of drug-likeness (QED) is 0.394. The molecule has 0 spiro atoms. The zero-order valence-corrected chi connectivity index (χ0v) is 17.3. The molecule has 4 aromatic rings. The van der Waals surface area contributed by atoms with Crippen LogP contribution in [-0.4, -0.2) is 20.3 Å². The van der Waals surface area contributed by atoms with E-state index in [1.54, 1.807) is 0 Å². The Hall–Kier alpha value is -3.15. The van der Waals surface area contributed by atoms with Crippen LogP contribution in [0.15, 0.2) is 40.8 Å². The van der Waals surface area contributed by atoms with Gasteiger partial charge in [0.1, 0.15) is 5.52 Å². The van der Waals surface area contributed by atoms with Gasteiger partial charge in [0.15, 0.2) is 11.4 Å². The number of oxazole rings is 1. The van der Waals surface area contributed by atoms with Crippen molar-refractivity contribution >= 4 is 39.9 Å². The maximum atomic E-state index is 12.3. The molecular weight excluding hydrogens is 364 g/mol. The molecule has 0 aliphatic carbocycles. The summed E-state index contributed by atoms with van der Waals surface area (Å²) < 4.78 is 7.82. The van der Waals surface area contributed by atoms with Crippen LogP contribution in [0.2, 0.25) is 0 Å². The molecule has 2 aromatic carbocycles. The average molecular weight is 390 g/mol. The van der Waals surface area contributed by atoms with Crippen LogP contribution in [-0.2, 0) is 7.05 Å². The summed E-state index contributed by atoms with van der Waals surface area (Å²) in [5.74, 6) is 1.21. The van der Waals surface area contributed by atoms with Crippen molar-refractivity contribution in [3.8, 4) is 0 Å². The topological polar surface area (TPSA) is 73.0 Å². The van der Waals surface area contributed by atoms with E-state index in [2.05, 4.69) is 42.1 Å². The molecule has 29 heavy (non-hydrogen) atoms. The van der Waals surface area contributed by atoms with Crippen LogP contribution in [0.5, 0.6) is 0 Å². The highest BCUT2D eigenvalue weighted by Gasteiger charge is 2.14. The second kappa shape index (κ2) is 7.70. The van der Waals surface area contributed by atoms with Crippen LogP contribution >= 0.6 is 0 Å². The number of fused-ring (bicyclic) bond motifs is 2.